The summed E-state index contributed by atoms with van der Waals surface area (Å²) in [6.07, 6.45) is 0. The van der Waals surface area contributed by atoms with Gasteiger partial charge in [-0.15, -0.1) is 0 Å². The molecule has 1 aromatic heterocycles. The van der Waals surface area contributed by atoms with Crippen LogP contribution in [0, 0.1) is 0 Å². The number of carbonyl (C=O) groups is 1. The molecule has 1 amide bonds. The van der Waals surface area contributed by atoms with Crippen molar-refractivity contribution in [3.63, 3.8) is 0 Å². The van der Waals surface area contributed by atoms with Crippen molar-refractivity contribution in [1.29, 1.82) is 0 Å². The molecule has 0 radical (unpaired) electrons. The maximum Gasteiger partial charge on any atom is 0.276 e. The number of ether oxygens (including phenoxy) is 1. The second kappa shape index (κ2) is 6.21. The fraction of sp³-hybridized carbons (Fsp3) is 0.267. The first kappa shape index (κ1) is 14.8. The van der Waals surface area contributed by atoms with Gasteiger partial charge in [-0.25, -0.2) is 4.68 Å². The van der Waals surface area contributed by atoms with Crippen LogP contribution in [0.15, 0.2) is 41.2 Å². The van der Waals surface area contributed by atoms with Crippen LogP contribution in [0.2, 0.25) is 0 Å². The number of nitrogens with zero attached hydrogens (tertiary/aromatic N) is 2. The van der Waals surface area contributed by atoms with Crippen molar-refractivity contribution in [2.75, 3.05) is 12.4 Å². The highest BCUT2D eigenvalue weighted by molar-refractivity contribution is 6.02. The van der Waals surface area contributed by atoms with Crippen molar-refractivity contribution in [2.45, 2.75) is 19.9 Å². The lowest BCUT2D eigenvalue weighted by Crippen LogP contribution is -2.27. The van der Waals surface area contributed by atoms with Gasteiger partial charge in [-0.1, -0.05) is 6.07 Å². The van der Waals surface area contributed by atoms with E-state index in [1.165, 1.54) is 16.8 Å². The van der Waals surface area contributed by atoms with E-state index >= 15 is 0 Å². The molecule has 1 heterocycles. The molecule has 0 aliphatic carbocycles. The van der Waals surface area contributed by atoms with Crippen molar-refractivity contribution < 1.29 is 9.53 Å². The molecule has 2 rings (SSSR count). The molecule has 6 heteroatoms. The van der Waals surface area contributed by atoms with Crippen LogP contribution in [0.25, 0.3) is 0 Å². The molecule has 0 bridgehead atoms. The van der Waals surface area contributed by atoms with E-state index in [0.29, 0.717) is 11.4 Å². The number of hydrogen-bond donors (Lipinski definition) is 1. The highest BCUT2D eigenvalue weighted by Crippen LogP contribution is 2.17. The Kier molecular flexibility index (Phi) is 4.37. The third kappa shape index (κ3) is 3.47. The summed E-state index contributed by atoms with van der Waals surface area (Å²) in [5.74, 6) is 0.269. The molecule has 2 aromatic rings. The van der Waals surface area contributed by atoms with Gasteiger partial charge in [0.05, 0.1) is 13.2 Å². The highest BCUT2D eigenvalue weighted by Gasteiger charge is 2.11. The van der Waals surface area contributed by atoms with Crippen LogP contribution in [-0.4, -0.2) is 22.8 Å². The first-order chi connectivity index (χ1) is 10.0. The normalized spacial score (nSPS) is 10.5. The van der Waals surface area contributed by atoms with Crippen LogP contribution in [0.3, 0.4) is 0 Å². The van der Waals surface area contributed by atoms with Crippen molar-refractivity contribution in [2.24, 2.45) is 0 Å². The third-order valence-corrected chi connectivity index (χ3v) is 2.87. The number of methoxy groups -OCH3 is 1. The number of amides is 1. The van der Waals surface area contributed by atoms with Gasteiger partial charge in [0.25, 0.3) is 11.5 Å². The van der Waals surface area contributed by atoms with Crippen molar-refractivity contribution in [1.82, 2.24) is 9.78 Å². The SMILES string of the molecule is COc1cccc(NC(=O)c2ccc(=O)n(C(C)C)n2)c1. The van der Waals surface area contributed by atoms with Crippen molar-refractivity contribution in [3.05, 3.63) is 52.4 Å². The summed E-state index contributed by atoms with van der Waals surface area (Å²) in [4.78, 5) is 23.8. The largest absolute Gasteiger partial charge is 0.497 e. The van der Waals surface area contributed by atoms with E-state index in [1.54, 1.807) is 31.4 Å². The number of benzene rings is 1. The zero-order valence-corrected chi connectivity index (χ0v) is 12.2. The molecule has 6 nitrogen and oxygen atoms in total. The summed E-state index contributed by atoms with van der Waals surface area (Å²) in [7, 11) is 1.56. The molecule has 0 spiro atoms. The smallest absolute Gasteiger partial charge is 0.276 e. The minimum atomic E-state index is -0.377. The van der Waals surface area contributed by atoms with Gasteiger partial charge < -0.3 is 10.1 Å². The third-order valence-electron chi connectivity index (χ3n) is 2.87. The number of rotatable bonds is 4. The summed E-state index contributed by atoms with van der Waals surface area (Å²) >= 11 is 0. The van der Waals surface area contributed by atoms with E-state index in [9.17, 15) is 9.59 Å². The number of carbonyl (C=O) groups excluding carboxylic acids is 1. The van der Waals surface area contributed by atoms with E-state index in [4.69, 9.17) is 4.74 Å². The maximum atomic E-state index is 12.2. The summed E-state index contributed by atoms with van der Waals surface area (Å²) in [6.45, 7) is 3.66. The van der Waals surface area contributed by atoms with Gasteiger partial charge in [0.15, 0.2) is 0 Å². The van der Waals surface area contributed by atoms with Gasteiger partial charge in [0.2, 0.25) is 0 Å². The van der Waals surface area contributed by atoms with Crippen molar-refractivity contribution >= 4 is 11.6 Å². The second-order valence-electron chi connectivity index (χ2n) is 4.78. The lowest BCUT2D eigenvalue weighted by molar-refractivity contribution is 0.101. The van der Waals surface area contributed by atoms with Gasteiger partial charge >= 0.3 is 0 Å². The molecule has 1 aromatic carbocycles. The van der Waals surface area contributed by atoms with Crippen LogP contribution in [0.1, 0.15) is 30.4 Å². The fourth-order valence-corrected chi connectivity index (χ4v) is 1.81. The number of hydrogen-bond acceptors (Lipinski definition) is 4. The summed E-state index contributed by atoms with van der Waals surface area (Å²) in [5, 5.41) is 6.79. The van der Waals surface area contributed by atoms with E-state index in [2.05, 4.69) is 10.4 Å². The highest BCUT2D eigenvalue weighted by atomic mass is 16.5. The molecular weight excluding hydrogens is 270 g/mol. The van der Waals surface area contributed by atoms with Crippen molar-refractivity contribution in [3.8, 4) is 5.75 Å². The van der Waals surface area contributed by atoms with Gasteiger partial charge in [-0.2, -0.15) is 5.10 Å². The van der Waals surface area contributed by atoms with Gasteiger partial charge in [0, 0.05) is 17.8 Å². The molecule has 0 atom stereocenters. The van der Waals surface area contributed by atoms with E-state index in [0.717, 1.165) is 0 Å². The lowest BCUT2D eigenvalue weighted by atomic mass is 10.3. The molecule has 0 aliphatic rings. The zero-order chi connectivity index (χ0) is 15.4. The van der Waals surface area contributed by atoms with Crippen LogP contribution >= 0.6 is 0 Å². The predicted octanol–water partition coefficient (Wildman–Crippen LogP) is 2.09. The Hall–Kier alpha value is -2.63. The molecule has 0 fully saturated rings. The Morgan fingerprint density at radius 1 is 1.29 bits per heavy atom. The minimum Gasteiger partial charge on any atom is -0.497 e. The summed E-state index contributed by atoms with van der Waals surface area (Å²) in [5.41, 5.74) is 0.553. The average molecular weight is 287 g/mol. The quantitative estimate of drug-likeness (QED) is 0.934. The first-order valence-corrected chi connectivity index (χ1v) is 6.56. The molecule has 21 heavy (non-hydrogen) atoms. The fourth-order valence-electron chi connectivity index (χ4n) is 1.81. The minimum absolute atomic E-state index is 0.109. The molecule has 0 aliphatic heterocycles. The molecular formula is C15H17N3O3. The molecule has 0 unspecified atom stereocenters. The monoisotopic (exact) mass is 287 g/mol. The Bertz CT molecular complexity index is 707. The topological polar surface area (TPSA) is 73.2 Å². The summed E-state index contributed by atoms with van der Waals surface area (Å²) in [6, 6.07) is 9.66. The second-order valence-corrected chi connectivity index (χ2v) is 4.78. The van der Waals surface area contributed by atoms with Crippen LogP contribution in [-0.2, 0) is 0 Å². The van der Waals surface area contributed by atoms with Crippen LogP contribution < -0.4 is 15.6 Å². The first-order valence-electron chi connectivity index (χ1n) is 6.56. The average Bonchev–Trinajstić information content (AvgIpc) is 2.47. The molecule has 0 saturated carbocycles. The standard InChI is InChI=1S/C15H17N3O3/c1-10(2)18-14(19)8-7-13(17-18)15(20)16-11-5-4-6-12(9-11)21-3/h4-10H,1-3H3,(H,16,20). The number of nitrogens with one attached hydrogen (secondary N) is 1. The van der Waals surface area contributed by atoms with Gasteiger partial charge in [-0.05, 0) is 32.0 Å². The predicted molar refractivity (Wildman–Crippen MR) is 79.8 cm³/mol. The zero-order valence-electron chi connectivity index (χ0n) is 12.2. The summed E-state index contributed by atoms with van der Waals surface area (Å²) < 4.78 is 6.37. The number of anilines is 1. The van der Waals surface area contributed by atoms with Crippen LogP contribution in [0.5, 0.6) is 5.75 Å². The van der Waals surface area contributed by atoms with E-state index in [1.807, 2.05) is 13.8 Å². The molecule has 110 valence electrons. The lowest BCUT2D eigenvalue weighted by Gasteiger charge is -2.10. The van der Waals surface area contributed by atoms with E-state index in [-0.39, 0.29) is 23.2 Å². The number of aromatic nitrogens is 2. The maximum absolute atomic E-state index is 12.2. The van der Waals surface area contributed by atoms with Gasteiger partial charge in [0.1, 0.15) is 11.4 Å². The Balaban J connectivity index is 2.24. The van der Waals surface area contributed by atoms with Gasteiger partial charge in [-0.3, -0.25) is 9.59 Å². The molecule has 0 saturated heterocycles. The Morgan fingerprint density at radius 3 is 2.71 bits per heavy atom. The Morgan fingerprint density at radius 2 is 2.05 bits per heavy atom. The Labute approximate surface area is 122 Å². The van der Waals surface area contributed by atoms with E-state index < -0.39 is 0 Å². The molecule has 1 N–H and O–H groups in total. The van der Waals surface area contributed by atoms with Crippen LogP contribution in [0.4, 0.5) is 5.69 Å².